The Morgan fingerprint density at radius 1 is 1.40 bits per heavy atom. The van der Waals surface area contributed by atoms with Gasteiger partial charge in [-0.25, -0.2) is 4.39 Å². The molecular formula is C13H14FN. The Hall–Kier alpha value is -1.49. The molecule has 1 fully saturated rings. The van der Waals surface area contributed by atoms with E-state index in [1.54, 1.807) is 12.1 Å². The maximum Gasteiger partial charge on any atom is 0.123 e. The average Bonchev–Trinajstić information content (AvgIpc) is 2.97. The molecule has 1 aromatic carbocycles. The van der Waals surface area contributed by atoms with Crippen molar-refractivity contribution in [2.45, 2.75) is 18.3 Å². The molecule has 0 radical (unpaired) electrons. The second-order valence-electron chi connectivity index (χ2n) is 4.28. The van der Waals surface area contributed by atoms with Crippen LogP contribution in [0.25, 0.3) is 0 Å². The summed E-state index contributed by atoms with van der Waals surface area (Å²) in [5.41, 5.74) is 1.77. The number of hydrogen-bond acceptors (Lipinski definition) is 1. The van der Waals surface area contributed by atoms with Crippen molar-refractivity contribution in [3.05, 3.63) is 29.6 Å². The maximum absolute atomic E-state index is 13.2. The van der Waals surface area contributed by atoms with Gasteiger partial charge in [0.2, 0.25) is 0 Å². The van der Waals surface area contributed by atoms with E-state index in [4.69, 9.17) is 6.42 Å². The van der Waals surface area contributed by atoms with E-state index < -0.39 is 0 Å². The number of hydrogen-bond donors (Lipinski definition) is 0. The van der Waals surface area contributed by atoms with Gasteiger partial charge in [-0.05, 0) is 36.6 Å². The van der Waals surface area contributed by atoms with Crippen molar-refractivity contribution in [1.29, 1.82) is 0 Å². The van der Waals surface area contributed by atoms with Gasteiger partial charge in [0.1, 0.15) is 5.82 Å². The summed E-state index contributed by atoms with van der Waals surface area (Å²) in [6.45, 7) is 0. The van der Waals surface area contributed by atoms with Gasteiger partial charge in [-0.15, -0.1) is 6.42 Å². The van der Waals surface area contributed by atoms with Gasteiger partial charge in [-0.1, -0.05) is 5.92 Å². The van der Waals surface area contributed by atoms with E-state index in [1.165, 1.54) is 6.07 Å². The van der Waals surface area contributed by atoms with Gasteiger partial charge in [0.15, 0.2) is 0 Å². The summed E-state index contributed by atoms with van der Waals surface area (Å²) >= 11 is 0. The van der Waals surface area contributed by atoms with Crippen LogP contribution in [0.4, 0.5) is 10.1 Å². The quantitative estimate of drug-likeness (QED) is 0.668. The minimum absolute atomic E-state index is 0.207. The molecular weight excluding hydrogens is 189 g/mol. The summed E-state index contributed by atoms with van der Waals surface area (Å²) in [7, 11) is 3.90. The zero-order chi connectivity index (χ0) is 11.1. The molecule has 0 aliphatic heterocycles. The van der Waals surface area contributed by atoms with Crippen molar-refractivity contribution in [3.8, 4) is 12.3 Å². The highest BCUT2D eigenvalue weighted by atomic mass is 19.1. The fourth-order valence-electron chi connectivity index (χ4n) is 1.90. The lowest BCUT2D eigenvalue weighted by atomic mass is 9.94. The normalized spacial score (nSPS) is 16.9. The van der Waals surface area contributed by atoms with Gasteiger partial charge in [-0.3, -0.25) is 0 Å². The predicted molar refractivity (Wildman–Crippen MR) is 60.5 cm³/mol. The molecule has 1 saturated carbocycles. The lowest BCUT2D eigenvalue weighted by molar-refractivity contribution is 0.623. The van der Waals surface area contributed by atoms with Gasteiger partial charge in [0, 0.05) is 19.8 Å². The third kappa shape index (κ3) is 1.59. The van der Waals surface area contributed by atoms with Crippen molar-refractivity contribution >= 4 is 5.69 Å². The summed E-state index contributed by atoms with van der Waals surface area (Å²) in [5.74, 6) is 2.59. The molecule has 0 heterocycles. The number of nitrogens with zero attached hydrogens (tertiary/aromatic N) is 1. The number of terminal acetylenes is 1. The lowest BCUT2D eigenvalue weighted by Crippen LogP contribution is -2.15. The summed E-state index contributed by atoms with van der Waals surface area (Å²) < 4.78 is 13.2. The molecule has 0 aromatic heterocycles. The molecule has 1 aromatic rings. The highest BCUT2D eigenvalue weighted by molar-refractivity contribution is 5.60. The van der Waals surface area contributed by atoms with Gasteiger partial charge in [0.05, 0.1) is 5.41 Å². The van der Waals surface area contributed by atoms with E-state index in [0.717, 1.165) is 24.1 Å². The van der Waals surface area contributed by atoms with Crippen LogP contribution in [0.2, 0.25) is 0 Å². The Morgan fingerprint density at radius 2 is 2.07 bits per heavy atom. The molecule has 0 spiro atoms. The molecule has 0 bridgehead atoms. The van der Waals surface area contributed by atoms with E-state index in [9.17, 15) is 4.39 Å². The molecule has 78 valence electrons. The summed E-state index contributed by atoms with van der Waals surface area (Å²) in [4.78, 5) is 1.98. The van der Waals surface area contributed by atoms with Gasteiger partial charge in [0.25, 0.3) is 0 Å². The van der Waals surface area contributed by atoms with Crippen molar-refractivity contribution < 1.29 is 4.39 Å². The van der Waals surface area contributed by atoms with Crippen LogP contribution in [0.1, 0.15) is 18.4 Å². The first-order valence-corrected chi connectivity index (χ1v) is 5.04. The van der Waals surface area contributed by atoms with Gasteiger partial charge in [-0.2, -0.15) is 0 Å². The van der Waals surface area contributed by atoms with Crippen LogP contribution in [-0.4, -0.2) is 14.1 Å². The zero-order valence-electron chi connectivity index (χ0n) is 9.05. The highest BCUT2D eigenvalue weighted by Gasteiger charge is 2.44. The molecule has 0 atom stereocenters. The summed E-state index contributed by atoms with van der Waals surface area (Å²) in [5, 5.41) is 0. The smallest absolute Gasteiger partial charge is 0.123 e. The Morgan fingerprint density at radius 3 is 2.53 bits per heavy atom. The van der Waals surface area contributed by atoms with Crippen molar-refractivity contribution in [1.82, 2.24) is 0 Å². The monoisotopic (exact) mass is 203 g/mol. The predicted octanol–water partition coefficient (Wildman–Crippen LogP) is 2.56. The molecule has 2 rings (SSSR count). The molecule has 1 aliphatic rings. The van der Waals surface area contributed by atoms with Crippen LogP contribution < -0.4 is 4.90 Å². The standard InChI is InChI=1S/C13H14FN/c1-4-13(7-8-13)11-9-10(14)5-6-12(11)15(2)3/h1,5-6,9H,7-8H2,2-3H3. The van der Waals surface area contributed by atoms with Crippen LogP contribution in [0.15, 0.2) is 18.2 Å². The fourth-order valence-corrected chi connectivity index (χ4v) is 1.90. The number of benzene rings is 1. The van der Waals surface area contributed by atoms with Crippen LogP contribution in [0, 0.1) is 18.2 Å². The van der Waals surface area contributed by atoms with Crippen LogP contribution in [-0.2, 0) is 5.41 Å². The number of anilines is 1. The first-order chi connectivity index (χ1) is 7.09. The van der Waals surface area contributed by atoms with E-state index in [1.807, 2.05) is 19.0 Å². The molecule has 2 heteroatoms. The van der Waals surface area contributed by atoms with Crippen molar-refractivity contribution in [3.63, 3.8) is 0 Å². The second kappa shape index (κ2) is 3.27. The van der Waals surface area contributed by atoms with Gasteiger partial charge < -0.3 is 4.90 Å². The minimum Gasteiger partial charge on any atom is -0.377 e. The van der Waals surface area contributed by atoms with E-state index >= 15 is 0 Å². The van der Waals surface area contributed by atoms with E-state index in [2.05, 4.69) is 5.92 Å². The van der Waals surface area contributed by atoms with Crippen molar-refractivity contribution in [2.24, 2.45) is 0 Å². The summed E-state index contributed by atoms with van der Waals surface area (Å²) in [6.07, 6.45) is 7.46. The van der Waals surface area contributed by atoms with Crippen molar-refractivity contribution in [2.75, 3.05) is 19.0 Å². The molecule has 0 N–H and O–H groups in total. The molecule has 0 saturated heterocycles. The maximum atomic E-state index is 13.2. The number of halogens is 1. The third-order valence-electron chi connectivity index (χ3n) is 2.98. The molecule has 1 nitrogen and oxygen atoms in total. The van der Waals surface area contributed by atoms with Crippen LogP contribution in [0.3, 0.4) is 0 Å². The topological polar surface area (TPSA) is 3.24 Å². The third-order valence-corrected chi connectivity index (χ3v) is 2.98. The van der Waals surface area contributed by atoms with E-state index in [-0.39, 0.29) is 11.2 Å². The second-order valence-corrected chi connectivity index (χ2v) is 4.28. The first-order valence-electron chi connectivity index (χ1n) is 5.04. The Bertz CT molecular complexity index is 425. The molecule has 15 heavy (non-hydrogen) atoms. The van der Waals surface area contributed by atoms with Gasteiger partial charge >= 0.3 is 0 Å². The zero-order valence-corrected chi connectivity index (χ0v) is 9.05. The molecule has 0 amide bonds. The summed E-state index contributed by atoms with van der Waals surface area (Å²) in [6, 6.07) is 4.84. The SMILES string of the molecule is C#CC1(c2cc(F)ccc2N(C)C)CC1. The Labute approximate surface area is 89.9 Å². The minimum atomic E-state index is -0.211. The molecule has 1 aliphatic carbocycles. The fraction of sp³-hybridized carbons (Fsp3) is 0.385. The molecule has 0 unspecified atom stereocenters. The highest BCUT2D eigenvalue weighted by Crippen LogP contribution is 2.50. The van der Waals surface area contributed by atoms with Crippen LogP contribution >= 0.6 is 0 Å². The average molecular weight is 203 g/mol. The van der Waals surface area contributed by atoms with Crippen LogP contribution in [0.5, 0.6) is 0 Å². The number of rotatable bonds is 2. The Kier molecular flexibility index (Phi) is 2.19. The lowest BCUT2D eigenvalue weighted by Gasteiger charge is -2.20. The largest absolute Gasteiger partial charge is 0.377 e. The Balaban J connectivity index is 2.54. The first kappa shape index (κ1) is 10.0. The van der Waals surface area contributed by atoms with E-state index in [0.29, 0.717) is 0 Å².